The lowest BCUT2D eigenvalue weighted by molar-refractivity contribution is -0.703. The zero-order valence-corrected chi connectivity index (χ0v) is 33.5. The molecular formula is C43H75N3O7+2. The van der Waals surface area contributed by atoms with E-state index in [0.717, 1.165) is 69.5 Å². The van der Waals surface area contributed by atoms with Crippen LogP contribution in [-0.2, 0) is 9.53 Å². The molecule has 0 bridgehead atoms. The minimum absolute atomic E-state index is 0.0422. The van der Waals surface area contributed by atoms with Crippen LogP contribution in [0.15, 0.2) is 11.6 Å². The van der Waals surface area contributed by atoms with Crippen molar-refractivity contribution in [3.8, 4) is 0 Å². The maximum atomic E-state index is 14.4. The number of aliphatic hydroxyl groups is 5. The van der Waals surface area contributed by atoms with Gasteiger partial charge in [-0.3, -0.25) is 10.5 Å². The molecule has 0 aromatic heterocycles. The molecule has 7 aliphatic rings. The Bertz CT molecular complexity index is 1350. The summed E-state index contributed by atoms with van der Waals surface area (Å²) >= 11 is 0. The molecule has 4 saturated carbocycles. The van der Waals surface area contributed by atoms with Gasteiger partial charge in [0.2, 0.25) is 0 Å². The third kappa shape index (κ3) is 6.64. The Labute approximate surface area is 318 Å². The van der Waals surface area contributed by atoms with Gasteiger partial charge in [-0.15, -0.1) is 0 Å². The highest BCUT2D eigenvalue weighted by Gasteiger charge is 2.72. The predicted octanol–water partition coefficient (Wildman–Crippen LogP) is 1.75. The molecule has 5 aliphatic carbocycles. The van der Waals surface area contributed by atoms with E-state index in [4.69, 9.17) is 10.5 Å². The number of piperidine rings is 1. The molecular weight excluding hydrogens is 670 g/mol. The summed E-state index contributed by atoms with van der Waals surface area (Å²) in [6.45, 7) is 10.1. The molecule has 2 saturated heterocycles. The van der Waals surface area contributed by atoms with Gasteiger partial charge < -0.3 is 40.9 Å². The first-order valence-electron chi connectivity index (χ1n) is 21.9. The van der Waals surface area contributed by atoms with Gasteiger partial charge in [-0.25, -0.2) is 0 Å². The monoisotopic (exact) mass is 746 g/mol. The Kier molecular flexibility index (Phi) is 11.5. The number of carbonyl (C=O) groups is 1. The van der Waals surface area contributed by atoms with E-state index < -0.39 is 58.3 Å². The van der Waals surface area contributed by atoms with E-state index in [9.17, 15) is 30.3 Å². The molecule has 10 nitrogen and oxygen atoms in total. The van der Waals surface area contributed by atoms with Crippen LogP contribution in [0.1, 0.15) is 124 Å². The summed E-state index contributed by atoms with van der Waals surface area (Å²) in [5.74, 6) is 0.762. The molecule has 302 valence electrons. The normalized spacial score (nSPS) is 50.2. The van der Waals surface area contributed by atoms with Crippen molar-refractivity contribution >= 4 is 5.78 Å². The lowest BCUT2D eigenvalue weighted by Crippen LogP contribution is -2.95. The maximum Gasteiger partial charge on any atom is 0.159 e. The highest BCUT2D eigenvalue weighted by molar-refractivity contribution is 5.95. The van der Waals surface area contributed by atoms with Gasteiger partial charge in [0.15, 0.2) is 5.78 Å². The Morgan fingerprint density at radius 2 is 1.81 bits per heavy atom. The van der Waals surface area contributed by atoms with E-state index in [0.29, 0.717) is 37.5 Å². The smallest absolute Gasteiger partial charge is 0.159 e. The lowest BCUT2D eigenvalue weighted by Gasteiger charge is -2.64. The van der Waals surface area contributed by atoms with Crippen LogP contribution in [0.5, 0.6) is 0 Å². The third-order valence-electron chi connectivity index (χ3n) is 17.3. The van der Waals surface area contributed by atoms with E-state index >= 15 is 0 Å². The summed E-state index contributed by atoms with van der Waals surface area (Å²) in [5, 5.41) is 64.9. The molecule has 0 radical (unpaired) electrons. The van der Waals surface area contributed by atoms with Crippen molar-refractivity contribution < 1.29 is 45.7 Å². The number of fused-ring (bicyclic) bond motifs is 6. The highest BCUT2D eigenvalue weighted by atomic mass is 16.5. The first-order valence-corrected chi connectivity index (χ1v) is 21.9. The number of nitrogens with two attached hydrogens (primary N) is 3. The van der Waals surface area contributed by atoms with Gasteiger partial charge in [0, 0.05) is 29.6 Å². The van der Waals surface area contributed by atoms with E-state index in [2.05, 4.69) is 38.5 Å². The van der Waals surface area contributed by atoms with Crippen molar-refractivity contribution in [1.82, 2.24) is 0 Å². The highest BCUT2D eigenvalue weighted by Crippen LogP contribution is 2.71. The molecule has 0 spiro atoms. The SMILES string of the molecule is CCC[C@H]1CC[C@@H]2[C@H](C)[C@H]([C@@H](O)[C@](C)(O)[C@@H]3CC[C@]4(O)C5=CC(=O)[C@H]6C[C@@H](O)[C@@H](O)C[C@]6(CCC6CCC(N)[NH2+]C6)[C@@H]5[C@H](C[NH2+]C)C[C@]34C)O[C@@H]2CC1. The molecule has 0 aromatic carbocycles. The van der Waals surface area contributed by atoms with Crippen LogP contribution < -0.4 is 16.4 Å². The molecule has 2 aliphatic heterocycles. The summed E-state index contributed by atoms with van der Waals surface area (Å²) < 4.78 is 6.73. The van der Waals surface area contributed by atoms with Crippen molar-refractivity contribution in [3.63, 3.8) is 0 Å². The van der Waals surface area contributed by atoms with E-state index in [1.165, 1.54) is 19.3 Å². The molecule has 2 heterocycles. The van der Waals surface area contributed by atoms with Crippen LogP contribution in [-0.4, -0.2) is 99.3 Å². The fourth-order valence-corrected chi connectivity index (χ4v) is 14.5. The van der Waals surface area contributed by atoms with Crippen molar-refractivity contribution in [2.24, 2.45) is 63.9 Å². The minimum Gasteiger partial charge on any atom is -0.390 e. The van der Waals surface area contributed by atoms with Crippen LogP contribution in [0.25, 0.3) is 0 Å². The number of allylic oxidation sites excluding steroid dienone is 1. The van der Waals surface area contributed by atoms with Gasteiger partial charge in [0.05, 0.1) is 55.8 Å². The van der Waals surface area contributed by atoms with Crippen LogP contribution >= 0.6 is 0 Å². The average molecular weight is 746 g/mol. The summed E-state index contributed by atoms with van der Waals surface area (Å²) in [4.78, 5) is 14.4. The van der Waals surface area contributed by atoms with Gasteiger partial charge >= 0.3 is 0 Å². The van der Waals surface area contributed by atoms with Gasteiger partial charge in [-0.1, -0.05) is 40.0 Å². The number of ether oxygens (including phenoxy) is 1. The predicted molar refractivity (Wildman–Crippen MR) is 202 cm³/mol. The zero-order chi connectivity index (χ0) is 38.1. The summed E-state index contributed by atoms with van der Waals surface area (Å²) in [6, 6.07) is 0. The molecule has 18 atom stereocenters. The maximum absolute atomic E-state index is 14.4. The lowest BCUT2D eigenvalue weighted by atomic mass is 9.41. The van der Waals surface area contributed by atoms with Crippen molar-refractivity contribution in [2.75, 3.05) is 20.1 Å². The average Bonchev–Trinajstić information content (AvgIpc) is 3.49. The number of hydrogen-bond acceptors (Lipinski definition) is 8. The van der Waals surface area contributed by atoms with Gasteiger partial charge in [0.1, 0.15) is 12.3 Å². The number of quaternary nitrogens is 2. The molecule has 6 fully saturated rings. The van der Waals surface area contributed by atoms with Gasteiger partial charge in [0.25, 0.3) is 0 Å². The van der Waals surface area contributed by atoms with E-state index in [-0.39, 0.29) is 42.2 Å². The molecule has 10 heteroatoms. The Balaban J connectivity index is 1.19. The van der Waals surface area contributed by atoms with Gasteiger partial charge in [-0.2, -0.15) is 0 Å². The second-order valence-electron chi connectivity index (χ2n) is 20.1. The second kappa shape index (κ2) is 15.1. The summed E-state index contributed by atoms with van der Waals surface area (Å²) in [6.07, 6.45) is 11.3. The Hall–Kier alpha value is -0.950. The number of carbonyl (C=O) groups excluding carboxylic acids is 1. The van der Waals surface area contributed by atoms with Crippen LogP contribution in [0.2, 0.25) is 0 Å². The number of hydrogen-bond donors (Lipinski definition) is 8. The fraction of sp³-hybridized carbons (Fsp3) is 0.930. The van der Waals surface area contributed by atoms with Crippen molar-refractivity contribution in [3.05, 3.63) is 11.6 Å². The first kappa shape index (κ1) is 40.3. The number of aliphatic hydroxyl groups excluding tert-OH is 3. The van der Waals surface area contributed by atoms with Crippen molar-refractivity contribution in [2.45, 2.75) is 172 Å². The van der Waals surface area contributed by atoms with Gasteiger partial charge in [-0.05, 0) is 124 Å². The largest absolute Gasteiger partial charge is 0.390 e. The molecule has 0 amide bonds. The van der Waals surface area contributed by atoms with E-state index in [1.807, 2.05) is 0 Å². The molecule has 2 unspecified atom stereocenters. The first-order chi connectivity index (χ1) is 25.1. The number of rotatable bonds is 10. The minimum atomic E-state index is -1.53. The molecule has 7 rings (SSSR count). The number of ketones is 1. The quantitative estimate of drug-likeness (QED) is 0.166. The topological polar surface area (TPSA) is 187 Å². The zero-order valence-electron chi connectivity index (χ0n) is 33.5. The Morgan fingerprint density at radius 1 is 1.08 bits per heavy atom. The Morgan fingerprint density at radius 3 is 2.51 bits per heavy atom. The molecule has 11 N–H and O–H groups in total. The van der Waals surface area contributed by atoms with Crippen LogP contribution in [0.3, 0.4) is 0 Å². The van der Waals surface area contributed by atoms with E-state index in [1.54, 1.807) is 13.0 Å². The molecule has 53 heavy (non-hydrogen) atoms. The van der Waals surface area contributed by atoms with Crippen LogP contribution in [0.4, 0.5) is 0 Å². The standard InChI is InChI=1S/C43H73N3O7/c1-6-7-25-8-11-28-24(2)38(53-34(28)12-9-25)39(50)41(4,51)35-15-17-43(52)30-19-31(47)29-18-32(48)33(49)21-42(29,16-14-26-10-13-36(44)46-22-26)37(30)27(23-45-5)20-40(35,43)3/h19,24-29,32-39,45-46,48-52H,6-18,20-23,44H2,1-5H3/p+2/t24-,25-,26?,27-,28+,29+,32+,33-,34+,35+,36?,37+,38+,39+,40+,41+,42-,43-/m0/s1. The second-order valence-corrected chi connectivity index (χ2v) is 20.1. The molecule has 0 aromatic rings. The summed E-state index contributed by atoms with van der Waals surface area (Å²) in [7, 11) is 2.07. The third-order valence-corrected chi connectivity index (χ3v) is 17.3. The van der Waals surface area contributed by atoms with Crippen LogP contribution in [0, 0.1) is 58.2 Å². The summed E-state index contributed by atoms with van der Waals surface area (Å²) in [5.41, 5.74) is 2.74. The fourth-order valence-electron chi connectivity index (χ4n) is 14.5. The van der Waals surface area contributed by atoms with Crippen molar-refractivity contribution in [1.29, 1.82) is 0 Å².